The second kappa shape index (κ2) is 10.5. The Morgan fingerprint density at radius 3 is 2.73 bits per heavy atom. The van der Waals surface area contributed by atoms with Crippen LogP contribution in [-0.4, -0.2) is 51.3 Å². The van der Waals surface area contributed by atoms with E-state index in [0.29, 0.717) is 21.4 Å². The van der Waals surface area contributed by atoms with Crippen LogP contribution >= 0.6 is 11.8 Å². The smallest absolute Gasteiger partial charge is 0.271 e. The molecule has 1 amide bonds. The number of aromatic nitrogens is 8. The van der Waals surface area contributed by atoms with Crippen molar-refractivity contribution < 1.29 is 4.79 Å². The first-order valence-electron chi connectivity index (χ1n) is 12.4. The number of nitrogens with zero attached hydrogens (tertiary/aromatic N) is 9. The molecule has 4 aromatic heterocycles. The number of tetrazole rings is 1. The monoisotopic (exact) mass is 550 g/mol. The number of nitrogens with one attached hydrogen (secondary N) is 1. The highest BCUT2D eigenvalue weighted by Crippen LogP contribution is 2.27. The van der Waals surface area contributed by atoms with Crippen LogP contribution in [0.4, 0.5) is 0 Å². The maximum Gasteiger partial charge on any atom is 0.271 e. The van der Waals surface area contributed by atoms with Gasteiger partial charge in [0.2, 0.25) is 5.16 Å². The zero-order chi connectivity index (χ0) is 27.6. The van der Waals surface area contributed by atoms with Gasteiger partial charge in [-0.3, -0.25) is 14.0 Å². The van der Waals surface area contributed by atoms with Crippen LogP contribution in [0.3, 0.4) is 0 Å². The second-order valence-electron chi connectivity index (χ2n) is 8.68. The van der Waals surface area contributed by atoms with Gasteiger partial charge in [-0.2, -0.15) is 9.78 Å². The molecule has 0 aliphatic rings. The van der Waals surface area contributed by atoms with Crippen molar-refractivity contribution in [2.45, 2.75) is 30.6 Å². The zero-order valence-electron chi connectivity index (χ0n) is 21.5. The molecule has 0 saturated carbocycles. The number of para-hydroxylation sites is 1. The summed E-state index contributed by atoms with van der Waals surface area (Å²) in [6.45, 7) is 4.76. The van der Waals surface area contributed by atoms with Crippen LogP contribution in [0.2, 0.25) is 0 Å². The SMILES string of the molecule is CCn1c(C)nc2cc(C(=O)NN=Cc3c(Sc4nnnn4-c4ccccc4)nc4ccccn4c3=O)ccc21. The van der Waals surface area contributed by atoms with E-state index in [-0.39, 0.29) is 11.1 Å². The van der Waals surface area contributed by atoms with Crippen molar-refractivity contribution in [1.82, 2.24) is 44.6 Å². The maximum absolute atomic E-state index is 13.4. The van der Waals surface area contributed by atoms with Gasteiger partial charge in [-0.15, -0.1) is 5.10 Å². The Balaban J connectivity index is 1.32. The first-order valence-corrected chi connectivity index (χ1v) is 13.2. The third-order valence-electron chi connectivity index (χ3n) is 6.24. The molecule has 2 aromatic carbocycles. The number of rotatable bonds is 7. The summed E-state index contributed by atoms with van der Waals surface area (Å²) in [4.78, 5) is 35.5. The average molecular weight is 551 g/mol. The normalized spacial score (nSPS) is 11.6. The minimum Gasteiger partial charge on any atom is -0.329 e. The lowest BCUT2D eigenvalue weighted by molar-refractivity contribution is 0.0955. The van der Waals surface area contributed by atoms with E-state index in [1.54, 1.807) is 41.2 Å². The van der Waals surface area contributed by atoms with Crippen molar-refractivity contribution in [2.75, 3.05) is 0 Å². The Hall–Kier alpha value is -5.17. The molecule has 12 nitrogen and oxygen atoms in total. The van der Waals surface area contributed by atoms with E-state index in [1.807, 2.05) is 50.2 Å². The number of carbonyl (C=O) groups is 1. The lowest BCUT2D eigenvalue weighted by Gasteiger charge is -2.08. The number of aryl methyl sites for hydroxylation is 2. The van der Waals surface area contributed by atoms with E-state index < -0.39 is 5.91 Å². The number of pyridine rings is 1. The van der Waals surface area contributed by atoms with E-state index >= 15 is 0 Å². The van der Waals surface area contributed by atoms with Gasteiger partial charge in [-0.25, -0.2) is 15.4 Å². The van der Waals surface area contributed by atoms with Crippen molar-refractivity contribution in [2.24, 2.45) is 5.10 Å². The maximum atomic E-state index is 13.4. The van der Waals surface area contributed by atoms with E-state index in [1.165, 1.54) is 10.6 Å². The highest BCUT2D eigenvalue weighted by molar-refractivity contribution is 7.99. The van der Waals surface area contributed by atoms with Crippen molar-refractivity contribution in [3.8, 4) is 5.69 Å². The van der Waals surface area contributed by atoms with Crippen LogP contribution in [0.1, 0.15) is 28.7 Å². The molecule has 0 aliphatic carbocycles. The first-order chi connectivity index (χ1) is 19.5. The Labute approximate surface area is 231 Å². The number of hydrogen-bond acceptors (Lipinski definition) is 9. The molecule has 198 valence electrons. The molecule has 0 fully saturated rings. The number of carbonyl (C=O) groups excluding carboxylic acids is 1. The summed E-state index contributed by atoms with van der Waals surface area (Å²) in [5, 5.41) is 16.8. The fourth-order valence-corrected chi connectivity index (χ4v) is 5.21. The second-order valence-corrected chi connectivity index (χ2v) is 9.64. The largest absolute Gasteiger partial charge is 0.329 e. The van der Waals surface area contributed by atoms with Crippen LogP contribution in [0, 0.1) is 6.92 Å². The van der Waals surface area contributed by atoms with Crippen LogP contribution in [0.15, 0.2) is 93.0 Å². The molecule has 0 bridgehead atoms. The molecule has 6 rings (SSSR count). The number of hydrogen-bond donors (Lipinski definition) is 1. The minimum atomic E-state index is -0.432. The van der Waals surface area contributed by atoms with Crippen molar-refractivity contribution in [1.29, 1.82) is 0 Å². The lowest BCUT2D eigenvalue weighted by Crippen LogP contribution is -2.23. The van der Waals surface area contributed by atoms with Crippen LogP contribution in [-0.2, 0) is 6.54 Å². The number of imidazole rings is 1. The number of amides is 1. The Bertz CT molecular complexity index is 1960. The van der Waals surface area contributed by atoms with E-state index in [9.17, 15) is 9.59 Å². The first kappa shape index (κ1) is 25.1. The predicted molar refractivity (Wildman–Crippen MR) is 150 cm³/mol. The fraction of sp³-hybridized carbons (Fsp3) is 0.111. The summed E-state index contributed by atoms with van der Waals surface area (Å²) in [6.07, 6.45) is 2.91. The minimum absolute atomic E-state index is 0.171. The van der Waals surface area contributed by atoms with Gasteiger partial charge in [0.05, 0.1) is 28.5 Å². The van der Waals surface area contributed by atoms with Gasteiger partial charge in [0.1, 0.15) is 16.5 Å². The summed E-state index contributed by atoms with van der Waals surface area (Å²) in [5.74, 6) is 0.443. The third-order valence-corrected chi connectivity index (χ3v) is 7.18. The molecule has 0 spiro atoms. The summed E-state index contributed by atoms with van der Waals surface area (Å²) in [5.41, 5.74) is 5.61. The number of hydrazone groups is 1. The van der Waals surface area contributed by atoms with Crippen LogP contribution in [0.5, 0.6) is 0 Å². The van der Waals surface area contributed by atoms with Gasteiger partial charge in [0.25, 0.3) is 11.5 Å². The Morgan fingerprint density at radius 2 is 1.90 bits per heavy atom. The van der Waals surface area contributed by atoms with Crippen molar-refractivity contribution in [3.63, 3.8) is 0 Å². The highest BCUT2D eigenvalue weighted by atomic mass is 32.2. The topological polar surface area (TPSA) is 137 Å². The van der Waals surface area contributed by atoms with Gasteiger partial charge < -0.3 is 4.57 Å². The Kier molecular flexibility index (Phi) is 6.62. The lowest BCUT2D eigenvalue weighted by atomic mass is 10.2. The molecule has 0 atom stereocenters. The molecule has 13 heteroatoms. The zero-order valence-corrected chi connectivity index (χ0v) is 22.3. The molecule has 0 saturated heterocycles. The van der Waals surface area contributed by atoms with Crippen molar-refractivity contribution >= 4 is 40.6 Å². The van der Waals surface area contributed by atoms with Gasteiger partial charge in [0.15, 0.2) is 0 Å². The van der Waals surface area contributed by atoms with E-state index in [4.69, 9.17) is 0 Å². The summed E-state index contributed by atoms with van der Waals surface area (Å²) < 4.78 is 5.04. The molecule has 6 aromatic rings. The molecule has 4 heterocycles. The molecular weight excluding hydrogens is 528 g/mol. The molecule has 0 unspecified atom stereocenters. The van der Waals surface area contributed by atoms with Gasteiger partial charge in [0, 0.05) is 18.3 Å². The van der Waals surface area contributed by atoms with Gasteiger partial charge in [-0.1, -0.05) is 24.3 Å². The quantitative estimate of drug-likeness (QED) is 0.182. The summed E-state index contributed by atoms with van der Waals surface area (Å²) in [7, 11) is 0. The van der Waals surface area contributed by atoms with Gasteiger partial charge in [-0.05, 0) is 78.5 Å². The molecule has 0 aliphatic heterocycles. The molecule has 40 heavy (non-hydrogen) atoms. The average Bonchev–Trinajstić information content (AvgIpc) is 3.57. The molecule has 1 N–H and O–H groups in total. The third kappa shape index (κ3) is 4.62. The molecule has 0 radical (unpaired) electrons. The standard InChI is InChI=1S/C27H22N10O2S/c1-3-35-17(2)29-21-15-18(12-13-22(21)35)24(38)31-28-16-20-25(30-23-11-7-8-14-36(23)26(20)39)40-27-32-33-34-37(27)19-9-5-4-6-10-19/h4-16H,3H2,1-2H3,(H,31,38). The van der Waals surface area contributed by atoms with E-state index in [2.05, 4.69) is 40.6 Å². The predicted octanol–water partition coefficient (Wildman–Crippen LogP) is 3.26. The summed E-state index contributed by atoms with van der Waals surface area (Å²) in [6, 6.07) is 19.9. The number of fused-ring (bicyclic) bond motifs is 2. The fourth-order valence-electron chi connectivity index (χ4n) is 4.34. The van der Waals surface area contributed by atoms with Crippen LogP contribution < -0.4 is 11.0 Å². The number of benzene rings is 2. The summed E-state index contributed by atoms with van der Waals surface area (Å²) >= 11 is 1.12. The Morgan fingerprint density at radius 1 is 1.07 bits per heavy atom. The molecular formula is C27H22N10O2S. The highest BCUT2D eigenvalue weighted by Gasteiger charge is 2.18. The van der Waals surface area contributed by atoms with Crippen molar-refractivity contribution in [3.05, 3.63) is 100 Å². The van der Waals surface area contributed by atoms with Gasteiger partial charge >= 0.3 is 0 Å². The van der Waals surface area contributed by atoms with E-state index in [0.717, 1.165) is 40.9 Å². The van der Waals surface area contributed by atoms with Crippen LogP contribution in [0.25, 0.3) is 22.4 Å².